The number of carbonyl (C=O) groups excluding carboxylic acids is 1. The Morgan fingerprint density at radius 1 is 1.05 bits per heavy atom. The zero-order valence-corrected chi connectivity index (χ0v) is 21.3. The molecule has 4 atom stereocenters. The van der Waals surface area contributed by atoms with E-state index < -0.39 is 24.2 Å². The Kier molecular flexibility index (Phi) is 8.05. The van der Waals surface area contributed by atoms with Crippen molar-refractivity contribution in [3.05, 3.63) is 96.2 Å². The van der Waals surface area contributed by atoms with Crippen LogP contribution in [0.5, 0.6) is 11.5 Å². The summed E-state index contributed by atoms with van der Waals surface area (Å²) in [5.41, 5.74) is 3.09. The smallest absolute Gasteiger partial charge is 0.240 e. The number of aromatic nitrogens is 1. The number of rotatable bonds is 10. The summed E-state index contributed by atoms with van der Waals surface area (Å²) in [7, 11) is 0. The van der Waals surface area contributed by atoms with Gasteiger partial charge in [-0.15, -0.1) is 0 Å². The van der Waals surface area contributed by atoms with Gasteiger partial charge in [0.15, 0.2) is 0 Å². The lowest BCUT2D eigenvalue weighted by Crippen LogP contribution is -2.48. The highest BCUT2D eigenvalue weighted by atomic mass is 16.7. The van der Waals surface area contributed by atoms with E-state index in [1.54, 1.807) is 12.0 Å². The van der Waals surface area contributed by atoms with Crippen LogP contribution < -0.4 is 10.1 Å². The maximum absolute atomic E-state index is 13.4. The van der Waals surface area contributed by atoms with Gasteiger partial charge in [0, 0.05) is 29.6 Å². The van der Waals surface area contributed by atoms with Gasteiger partial charge in [0.1, 0.15) is 23.6 Å². The van der Waals surface area contributed by atoms with Crippen LogP contribution in [0.1, 0.15) is 18.1 Å². The summed E-state index contributed by atoms with van der Waals surface area (Å²) in [4.78, 5) is 22.7. The second-order valence-corrected chi connectivity index (χ2v) is 9.64. The zero-order valence-electron chi connectivity index (χ0n) is 21.3. The second-order valence-electron chi connectivity index (χ2n) is 9.64. The lowest BCUT2D eigenvalue weighted by Gasteiger charge is -2.24. The van der Waals surface area contributed by atoms with Crippen LogP contribution in [0.3, 0.4) is 0 Å². The van der Waals surface area contributed by atoms with Crippen molar-refractivity contribution in [2.75, 3.05) is 13.2 Å². The number of fused-ring (bicyclic) bond motifs is 1. The van der Waals surface area contributed by atoms with Crippen molar-refractivity contribution in [2.24, 2.45) is 5.92 Å². The standard InChI is InChI=1S/C30H33N3O5/c1-20(35)29-26(19-34)28(30(36)31-16-15-22-17-32-27-10-6-5-9-25(22)27)33(38-29)18-21-11-13-24(14-12-21)37-23-7-3-2-4-8-23/h2-14,17,20,26,28-29,32,34-35H,15-16,18-19H2,1H3,(H,31,36)/t20-,26-,28-,29-/m0/s1. The van der Waals surface area contributed by atoms with Gasteiger partial charge < -0.3 is 25.3 Å². The molecule has 8 nitrogen and oxygen atoms in total. The van der Waals surface area contributed by atoms with E-state index in [-0.39, 0.29) is 12.5 Å². The monoisotopic (exact) mass is 515 g/mol. The molecule has 1 fully saturated rings. The predicted octanol–water partition coefficient (Wildman–Crippen LogP) is 3.79. The summed E-state index contributed by atoms with van der Waals surface area (Å²) >= 11 is 0. The minimum atomic E-state index is -0.847. The third-order valence-corrected chi connectivity index (χ3v) is 6.96. The molecule has 38 heavy (non-hydrogen) atoms. The quantitative estimate of drug-likeness (QED) is 0.256. The van der Waals surface area contributed by atoms with Crippen molar-refractivity contribution in [3.8, 4) is 11.5 Å². The summed E-state index contributed by atoms with van der Waals surface area (Å²) in [6.45, 7) is 2.08. The molecule has 4 aromatic rings. The normalized spacial score (nSPS) is 20.4. The van der Waals surface area contributed by atoms with Gasteiger partial charge in [0.05, 0.1) is 19.3 Å². The van der Waals surface area contributed by atoms with E-state index in [4.69, 9.17) is 9.57 Å². The fraction of sp³-hybridized carbons (Fsp3) is 0.300. The molecule has 198 valence electrons. The minimum absolute atomic E-state index is 0.240. The summed E-state index contributed by atoms with van der Waals surface area (Å²) in [6.07, 6.45) is 1.09. The van der Waals surface area contributed by atoms with Crippen LogP contribution in [0.4, 0.5) is 0 Å². The zero-order chi connectivity index (χ0) is 26.5. The number of hydroxylamine groups is 2. The second kappa shape index (κ2) is 11.8. The van der Waals surface area contributed by atoms with Crippen LogP contribution in [0, 0.1) is 5.92 Å². The average molecular weight is 516 g/mol. The molecule has 1 aliphatic heterocycles. The third kappa shape index (κ3) is 5.74. The number of benzene rings is 3. The summed E-state index contributed by atoms with van der Waals surface area (Å²) in [5, 5.41) is 26.2. The van der Waals surface area contributed by atoms with E-state index in [1.807, 2.05) is 79.0 Å². The predicted molar refractivity (Wildman–Crippen MR) is 144 cm³/mol. The number of amides is 1. The molecule has 1 saturated heterocycles. The van der Waals surface area contributed by atoms with Gasteiger partial charge in [0.2, 0.25) is 5.91 Å². The number of nitrogens with one attached hydrogen (secondary N) is 2. The van der Waals surface area contributed by atoms with E-state index in [0.29, 0.717) is 25.3 Å². The molecule has 5 rings (SSSR count). The topological polar surface area (TPSA) is 107 Å². The number of para-hydroxylation sites is 2. The molecule has 0 aliphatic carbocycles. The van der Waals surface area contributed by atoms with E-state index in [9.17, 15) is 15.0 Å². The summed E-state index contributed by atoms with van der Waals surface area (Å²) in [6, 6.07) is 24.4. The molecule has 0 radical (unpaired) electrons. The number of nitrogens with zero attached hydrogens (tertiary/aromatic N) is 1. The highest BCUT2D eigenvalue weighted by Crippen LogP contribution is 2.32. The van der Waals surface area contributed by atoms with Gasteiger partial charge >= 0.3 is 0 Å². The van der Waals surface area contributed by atoms with Crippen molar-refractivity contribution < 1.29 is 24.6 Å². The Balaban J connectivity index is 1.26. The van der Waals surface area contributed by atoms with Crippen molar-refractivity contribution in [1.29, 1.82) is 0 Å². The summed E-state index contributed by atoms with van der Waals surface area (Å²) < 4.78 is 5.87. The van der Waals surface area contributed by atoms with Crippen LogP contribution >= 0.6 is 0 Å². The molecular formula is C30H33N3O5. The van der Waals surface area contributed by atoms with Gasteiger partial charge in [0.25, 0.3) is 0 Å². The lowest BCUT2D eigenvalue weighted by atomic mass is 9.92. The highest BCUT2D eigenvalue weighted by Gasteiger charge is 2.48. The number of aromatic amines is 1. The molecule has 0 saturated carbocycles. The van der Waals surface area contributed by atoms with Gasteiger partial charge in [-0.05, 0) is 54.8 Å². The first-order valence-corrected chi connectivity index (χ1v) is 12.9. The fourth-order valence-electron chi connectivity index (χ4n) is 5.03. The van der Waals surface area contributed by atoms with Crippen molar-refractivity contribution in [1.82, 2.24) is 15.4 Å². The molecule has 0 bridgehead atoms. The first kappa shape index (κ1) is 25.9. The van der Waals surface area contributed by atoms with Crippen LogP contribution in [-0.2, 0) is 22.6 Å². The Labute approximate surface area is 221 Å². The molecule has 8 heteroatoms. The maximum atomic E-state index is 13.4. The number of aliphatic hydroxyl groups excluding tert-OH is 2. The average Bonchev–Trinajstić information content (AvgIpc) is 3.52. The Bertz CT molecular complexity index is 1340. The third-order valence-electron chi connectivity index (χ3n) is 6.96. The number of H-pyrrole nitrogens is 1. The minimum Gasteiger partial charge on any atom is -0.457 e. The van der Waals surface area contributed by atoms with Crippen LogP contribution in [0.15, 0.2) is 85.1 Å². The van der Waals surface area contributed by atoms with E-state index >= 15 is 0 Å². The maximum Gasteiger partial charge on any atom is 0.240 e. The van der Waals surface area contributed by atoms with Gasteiger partial charge in [-0.2, -0.15) is 5.06 Å². The number of aliphatic hydroxyl groups is 2. The van der Waals surface area contributed by atoms with E-state index in [2.05, 4.69) is 16.4 Å². The number of hydrogen-bond acceptors (Lipinski definition) is 6. The Morgan fingerprint density at radius 3 is 2.50 bits per heavy atom. The fourth-order valence-corrected chi connectivity index (χ4v) is 5.03. The number of hydrogen-bond donors (Lipinski definition) is 4. The first-order valence-electron chi connectivity index (χ1n) is 12.9. The van der Waals surface area contributed by atoms with Crippen LogP contribution in [0.25, 0.3) is 10.9 Å². The van der Waals surface area contributed by atoms with E-state index in [0.717, 1.165) is 27.8 Å². The molecule has 3 aromatic carbocycles. The van der Waals surface area contributed by atoms with Gasteiger partial charge in [-0.25, -0.2) is 0 Å². The molecule has 1 amide bonds. The lowest BCUT2D eigenvalue weighted by molar-refractivity contribution is -0.192. The number of ether oxygens (including phenoxy) is 1. The summed E-state index contributed by atoms with van der Waals surface area (Å²) in [5.74, 6) is 0.641. The SMILES string of the molecule is C[C@H](O)[C@@H]1ON(Cc2ccc(Oc3ccccc3)cc2)[C@H](C(=O)NCCc2c[nH]c3ccccc23)[C@@H]1CO. The van der Waals surface area contributed by atoms with E-state index in [1.165, 1.54) is 0 Å². The largest absolute Gasteiger partial charge is 0.457 e. The Morgan fingerprint density at radius 2 is 1.76 bits per heavy atom. The molecule has 1 aliphatic rings. The first-order chi connectivity index (χ1) is 18.5. The highest BCUT2D eigenvalue weighted by molar-refractivity contribution is 5.84. The van der Waals surface area contributed by atoms with Crippen molar-refractivity contribution in [3.63, 3.8) is 0 Å². The molecule has 1 aromatic heterocycles. The molecule has 0 spiro atoms. The molecule has 2 heterocycles. The number of carbonyl (C=O) groups is 1. The molecule has 0 unspecified atom stereocenters. The van der Waals surface area contributed by atoms with Crippen molar-refractivity contribution >= 4 is 16.8 Å². The Hall–Kier alpha value is -3.69. The van der Waals surface area contributed by atoms with Crippen LogP contribution in [0.2, 0.25) is 0 Å². The van der Waals surface area contributed by atoms with Crippen LogP contribution in [-0.4, -0.2) is 57.6 Å². The van der Waals surface area contributed by atoms with Crippen molar-refractivity contribution in [2.45, 2.75) is 38.1 Å². The van der Waals surface area contributed by atoms with Gasteiger partial charge in [-0.1, -0.05) is 48.5 Å². The molecule has 4 N–H and O–H groups in total. The van der Waals surface area contributed by atoms with Gasteiger partial charge in [-0.3, -0.25) is 9.63 Å². The molecular weight excluding hydrogens is 482 g/mol.